The number of nitrogens with zero attached hydrogens (tertiary/aromatic N) is 1. The number of thiophene rings is 1. The van der Waals surface area contributed by atoms with Crippen molar-refractivity contribution in [2.75, 3.05) is 7.05 Å². The van der Waals surface area contributed by atoms with E-state index in [0.717, 1.165) is 9.35 Å². The van der Waals surface area contributed by atoms with E-state index in [2.05, 4.69) is 15.9 Å². The van der Waals surface area contributed by atoms with Crippen molar-refractivity contribution in [1.29, 1.82) is 0 Å². The van der Waals surface area contributed by atoms with Crippen LogP contribution in [0.1, 0.15) is 12.0 Å². The number of carbonyl (C=O) groups is 2. The number of rotatable bonds is 4. The summed E-state index contributed by atoms with van der Waals surface area (Å²) < 4.78 is 0.997. The summed E-state index contributed by atoms with van der Waals surface area (Å²) >= 11 is 4.85. The second-order valence-electron chi connectivity index (χ2n) is 3.08. The summed E-state index contributed by atoms with van der Waals surface area (Å²) in [5.41, 5.74) is 0.994. The van der Waals surface area contributed by atoms with Gasteiger partial charge in [0.2, 0.25) is 5.91 Å². The zero-order valence-electron chi connectivity index (χ0n) is 8.07. The monoisotopic (exact) mass is 291 g/mol. The Hall–Kier alpha value is -0.880. The standard InChI is InChI=1S/C9H10BrNO3S/c1-11(8(12)3-9(13)14)4-6-2-7(10)15-5-6/h2,5H,3-4H2,1H3,(H,13,14). The summed E-state index contributed by atoms with van der Waals surface area (Å²) in [6.45, 7) is 0.439. The molecule has 0 unspecified atom stereocenters. The number of hydrogen-bond acceptors (Lipinski definition) is 3. The molecule has 0 aromatic carbocycles. The van der Waals surface area contributed by atoms with Gasteiger partial charge >= 0.3 is 5.97 Å². The number of carbonyl (C=O) groups excluding carboxylic acids is 1. The maximum absolute atomic E-state index is 11.3. The summed E-state index contributed by atoms with van der Waals surface area (Å²) in [6, 6.07) is 1.91. The zero-order chi connectivity index (χ0) is 11.4. The van der Waals surface area contributed by atoms with Crippen molar-refractivity contribution in [3.05, 3.63) is 20.8 Å². The number of amides is 1. The van der Waals surface area contributed by atoms with Gasteiger partial charge in [0.25, 0.3) is 0 Å². The Kier molecular flexibility index (Phi) is 4.28. The molecule has 0 aliphatic heterocycles. The van der Waals surface area contributed by atoms with Gasteiger partial charge in [-0.05, 0) is 32.9 Å². The third-order valence-corrected chi connectivity index (χ3v) is 3.32. The maximum atomic E-state index is 11.3. The van der Waals surface area contributed by atoms with Crippen LogP contribution in [0.2, 0.25) is 0 Å². The summed E-state index contributed by atoms with van der Waals surface area (Å²) in [4.78, 5) is 23.0. The van der Waals surface area contributed by atoms with E-state index >= 15 is 0 Å². The molecule has 1 rings (SSSR count). The molecule has 0 atom stereocenters. The van der Waals surface area contributed by atoms with E-state index in [9.17, 15) is 9.59 Å². The van der Waals surface area contributed by atoms with E-state index in [1.807, 2.05) is 11.4 Å². The Balaban J connectivity index is 2.51. The lowest BCUT2D eigenvalue weighted by atomic mass is 10.3. The summed E-state index contributed by atoms with van der Waals surface area (Å²) in [7, 11) is 1.59. The largest absolute Gasteiger partial charge is 0.481 e. The molecule has 0 bridgehead atoms. The fourth-order valence-corrected chi connectivity index (χ4v) is 2.26. The molecule has 1 heterocycles. The Morgan fingerprint density at radius 2 is 2.27 bits per heavy atom. The number of carboxylic acid groups (broad SMARTS) is 1. The number of aliphatic carboxylic acids is 1. The van der Waals surface area contributed by atoms with Crippen molar-refractivity contribution < 1.29 is 14.7 Å². The molecule has 0 aliphatic carbocycles. The first-order valence-electron chi connectivity index (χ1n) is 4.17. The van der Waals surface area contributed by atoms with Gasteiger partial charge in [-0.25, -0.2) is 0 Å². The Morgan fingerprint density at radius 3 is 2.73 bits per heavy atom. The van der Waals surface area contributed by atoms with E-state index in [0.29, 0.717) is 6.54 Å². The van der Waals surface area contributed by atoms with Crippen LogP contribution in [-0.2, 0) is 16.1 Å². The van der Waals surface area contributed by atoms with Crippen LogP contribution in [-0.4, -0.2) is 28.9 Å². The third-order valence-electron chi connectivity index (χ3n) is 1.77. The van der Waals surface area contributed by atoms with Crippen molar-refractivity contribution in [2.24, 2.45) is 0 Å². The quantitative estimate of drug-likeness (QED) is 0.863. The van der Waals surface area contributed by atoms with Gasteiger partial charge < -0.3 is 10.0 Å². The van der Waals surface area contributed by atoms with E-state index in [1.54, 1.807) is 7.05 Å². The van der Waals surface area contributed by atoms with Crippen molar-refractivity contribution in [2.45, 2.75) is 13.0 Å². The maximum Gasteiger partial charge on any atom is 0.312 e. The van der Waals surface area contributed by atoms with Crippen LogP contribution in [0, 0.1) is 0 Å². The molecule has 1 aromatic heterocycles. The molecule has 1 N–H and O–H groups in total. The van der Waals surface area contributed by atoms with Gasteiger partial charge in [0.15, 0.2) is 0 Å². The molecule has 1 amide bonds. The van der Waals surface area contributed by atoms with Crippen LogP contribution in [0.15, 0.2) is 15.2 Å². The fraction of sp³-hybridized carbons (Fsp3) is 0.333. The van der Waals surface area contributed by atoms with Gasteiger partial charge in [-0.15, -0.1) is 11.3 Å². The van der Waals surface area contributed by atoms with Crippen LogP contribution in [0.5, 0.6) is 0 Å². The minimum absolute atomic E-state index is 0.384. The van der Waals surface area contributed by atoms with Crippen LogP contribution >= 0.6 is 27.3 Å². The van der Waals surface area contributed by atoms with Crippen LogP contribution in [0.4, 0.5) is 0 Å². The summed E-state index contributed by atoms with van der Waals surface area (Å²) in [5, 5.41) is 10.4. The molecule has 0 saturated carbocycles. The minimum Gasteiger partial charge on any atom is -0.481 e. The van der Waals surface area contributed by atoms with Crippen LogP contribution in [0.25, 0.3) is 0 Å². The molecule has 0 fully saturated rings. The lowest BCUT2D eigenvalue weighted by molar-refractivity contribution is -0.143. The topological polar surface area (TPSA) is 57.6 Å². The minimum atomic E-state index is -1.10. The lowest BCUT2D eigenvalue weighted by Crippen LogP contribution is -2.27. The number of halogens is 1. The molecular formula is C9H10BrNO3S. The molecule has 0 saturated heterocycles. The van der Waals surface area contributed by atoms with Gasteiger partial charge in [0.05, 0.1) is 3.79 Å². The van der Waals surface area contributed by atoms with E-state index in [-0.39, 0.29) is 5.91 Å². The fourth-order valence-electron chi connectivity index (χ4n) is 1.06. The highest BCUT2D eigenvalue weighted by molar-refractivity contribution is 9.11. The molecule has 0 aliphatic rings. The molecule has 4 nitrogen and oxygen atoms in total. The van der Waals surface area contributed by atoms with Crippen LogP contribution in [0.3, 0.4) is 0 Å². The second-order valence-corrected chi connectivity index (χ2v) is 5.37. The highest BCUT2D eigenvalue weighted by Gasteiger charge is 2.13. The second kappa shape index (κ2) is 5.27. The predicted molar refractivity (Wildman–Crippen MR) is 60.7 cm³/mol. The zero-order valence-corrected chi connectivity index (χ0v) is 10.5. The first kappa shape index (κ1) is 12.2. The molecule has 0 spiro atoms. The SMILES string of the molecule is CN(Cc1csc(Br)c1)C(=O)CC(=O)O. The Labute approximate surface area is 99.6 Å². The van der Waals surface area contributed by atoms with E-state index in [1.165, 1.54) is 16.2 Å². The van der Waals surface area contributed by atoms with Gasteiger partial charge in [-0.1, -0.05) is 0 Å². The highest BCUT2D eigenvalue weighted by Crippen LogP contribution is 2.21. The van der Waals surface area contributed by atoms with Gasteiger partial charge in [-0.2, -0.15) is 0 Å². The van der Waals surface area contributed by atoms with Crippen molar-refractivity contribution >= 4 is 39.1 Å². The molecule has 82 valence electrons. The smallest absolute Gasteiger partial charge is 0.312 e. The van der Waals surface area contributed by atoms with Gasteiger partial charge in [-0.3, -0.25) is 9.59 Å². The van der Waals surface area contributed by atoms with Crippen molar-refractivity contribution in [1.82, 2.24) is 4.90 Å². The average molecular weight is 292 g/mol. The van der Waals surface area contributed by atoms with E-state index in [4.69, 9.17) is 5.11 Å². The molecule has 1 aromatic rings. The van der Waals surface area contributed by atoms with E-state index < -0.39 is 12.4 Å². The first-order chi connectivity index (χ1) is 6.99. The molecular weight excluding hydrogens is 282 g/mol. The lowest BCUT2D eigenvalue weighted by Gasteiger charge is -2.14. The molecule has 6 heteroatoms. The molecule has 15 heavy (non-hydrogen) atoms. The van der Waals surface area contributed by atoms with Crippen molar-refractivity contribution in [3.63, 3.8) is 0 Å². The van der Waals surface area contributed by atoms with Crippen LogP contribution < -0.4 is 0 Å². The third kappa shape index (κ3) is 4.01. The first-order valence-corrected chi connectivity index (χ1v) is 5.85. The number of carboxylic acids is 1. The Bertz CT molecular complexity index is 377. The van der Waals surface area contributed by atoms with Gasteiger partial charge in [0.1, 0.15) is 6.42 Å². The normalized spacial score (nSPS) is 10.0. The average Bonchev–Trinajstić information content (AvgIpc) is 2.50. The Morgan fingerprint density at radius 1 is 1.60 bits per heavy atom. The number of hydrogen-bond donors (Lipinski definition) is 1. The molecule has 0 radical (unpaired) electrons. The predicted octanol–water partition coefficient (Wildman–Crippen LogP) is 1.94. The van der Waals surface area contributed by atoms with Gasteiger partial charge in [0, 0.05) is 13.6 Å². The van der Waals surface area contributed by atoms with Crippen molar-refractivity contribution in [3.8, 4) is 0 Å². The summed E-state index contributed by atoms with van der Waals surface area (Å²) in [5.74, 6) is -1.48. The highest BCUT2D eigenvalue weighted by atomic mass is 79.9. The summed E-state index contributed by atoms with van der Waals surface area (Å²) in [6.07, 6.45) is -0.457.